The summed E-state index contributed by atoms with van der Waals surface area (Å²) < 4.78 is 3.12. The Bertz CT molecular complexity index is 424. The highest BCUT2D eigenvalue weighted by Gasteiger charge is 2.34. The maximum absolute atomic E-state index is 4.46. The molecule has 86 valence electrons. The molecule has 4 heteroatoms. The van der Waals surface area contributed by atoms with Gasteiger partial charge in [-0.2, -0.15) is 5.10 Å². The van der Waals surface area contributed by atoms with Crippen LogP contribution in [0, 0.1) is 0 Å². The average Bonchev–Trinajstić information content (AvgIpc) is 2.82. The third-order valence-electron chi connectivity index (χ3n) is 3.81. The zero-order chi connectivity index (χ0) is 11.1. The second-order valence-electron chi connectivity index (χ2n) is 4.75. The largest absolute Gasteiger partial charge is 0.297 e. The van der Waals surface area contributed by atoms with Crippen molar-refractivity contribution in [3.8, 4) is 0 Å². The summed E-state index contributed by atoms with van der Waals surface area (Å²) in [5, 5.41) is 4.46. The summed E-state index contributed by atoms with van der Waals surface area (Å²) in [5.74, 6) is 0. The summed E-state index contributed by atoms with van der Waals surface area (Å²) in [6, 6.07) is 1.37. The molecule has 16 heavy (non-hydrogen) atoms. The molecule has 0 aliphatic carbocycles. The van der Waals surface area contributed by atoms with E-state index in [0.29, 0.717) is 6.04 Å². The van der Waals surface area contributed by atoms with Crippen molar-refractivity contribution < 1.29 is 0 Å². The molecule has 2 aliphatic heterocycles. The first-order chi connectivity index (χ1) is 7.78. The second kappa shape index (κ2) is 4.14. The lowest BCUT2D eigenvalue weighted by atomic mass is 10.1. The first-order valence-electron chi connectivity index (χ1n) is 5.80. The van der Waals surface area contributed by atoms with E-state index in [1.165, 1.54) is 24.1 Å². The molecule has 3 nitrogen and oxygen atoms in total. The number of nitrogens with zero attached hydrogens (tertiary/aromatic N) is 3. The van der Waals surface area contributed by atoms with Crippen molar-refractivity contribution >= 4 is 28.3 Å². The molecule has 0 radical (unpaired) electrons. The van der Waals surface area contributed by atoms with Crippen molar-refractivity contribution in [1.82, 2.24) is 14.7 Å². The monoisotopic (exact) mass is 329 g/mol. The molecule has 0 amide bonds. The first-order valence-corrected chi connectivity index (χ1v) is 7.33. The van der Waals surface area contributed by atoms with Crippen molar-refractivity contribution in [3.63, 3.8) is 0 Å². The molecular weight excluding hydrogens is 313 g/mol. The van der Waals surface area contributed by atoms with Crippen LogP contribution in [0.2, 0.25) is 0 Å². The van der Waals surface area contributed by atoms with Gasteiger partial charge in [0, 0.05) is 40.4 Å². The van der Waals surface area contributed by atoms with Crippen molar-refractivity contribution in [2.75, 3.05) is 7.05 Å². The fourth-order valence-corrected chi connectivity index (χ4v) is 3.17. The molecule has 3 rings (SSSR count). The number of hydrogen-bond acceptors (Lipinski definition) is 2. The van der Waals surface area contributed by atoms with E-state index in [9.17, 15) is 0 Å². The predicted molar refractivity (Wildman–Crippen MR) is 73.4 cm³/mol. The molecule has 3 heterocycles. The Morgan fingerprint density at radius 2 is 2.38 bits per heavy atom. The molecule has 2 bridgehead atoms. The highest BCUT2D eigenvalue weighted by molar-refractivity contribution is 14.1. The normalized spacial score (nSPS) is 29.5. The molecule has 1 aromatic heterocycles. The molecule has 1 aromatic rings. The third-order valence-corrected chi connectivity index (χ3v) is 4.69. The van der Waals surface area contributed by atoms with Gasteiger partial charge in [-0.15, -0.1) is 0 Å². The Balaban J connectivity index is 1.88. The van der Waals surface area contributed by atoms with Gasteiger partial charge in [0.25, 0.3) is 0 Å². The molecule has 2 unspecified atom stereocenters. The number of likely N-dealkylation sites (N-methyl/N-ethyl adjacent to an activating group) is 1. The maximum atomic E-state index is 4.46. The van der Waals surface area contributed by atoms with Crippen LogP contribution in [0.3, 0.4) is 0 Å². The highest BCUT2D eigenvalue weighted by atomic mass is 127. The van der Waals surface area contributed by atoms with E-state index in [1.807, 2.05) is 6.20 Å². The van der Waals surface area contributed by atoms with Crippen LogP contribution in [0.15, 0.2) is 18.5 Å². The van der Waals surface area contributed by atoms with E-state index in [0.717, 1.165) is 16.9 Å². The van der Waals surface area contributed by atoms with E-state index in [1.54, 1.807) is 0 Å². The van der Waals surface area contributed by atoms with Crippen LogP contribution in [0.4, 0.5) is 0 Å². The summed E-state index contributed by atoms with van der Waals surface area (Å²) in [4.78, 5) is 2.51. The van der Waals surface area contributed by atoms with E-state index >= 15 is 0 Å². The van der Waals surface area contributed by atoms with Gasteiger partial charge in [-0.05, 0) is 26.0 Å². The minimum Gasteiger partial charge on any atom is -0.297 e. The standard InChI is InChI=1S/C12H16IN3/c1-15-10-2-3-11(15)5-12(4-10)16-8-9(6-13)7-14-16/h4,7-8,10-11H,2-3,5-6H2,1H3. The summed E-state index contributed by atoms with van der Waals surface area (Å²) >= 11 is 2.38. The summed E-state index contributed by atoms with van der Waals surface area (Å²) in [7, 11) is 2.25. The smallest absolute Gasteiger partial charge is 0.0533 e. The number of hydrogen-bond donors (Lipinski definition) is 0. The van der Waals surface area contributed by atoms with Crippen LogP contribution < -0.4 is 0 Å². The van der Waals surface area contributed by atoms with Gasteiger partial charge in [0.05, 0.1) is 6.20 Å². The lowest BCUT2D eigenvalue weighted by Gasteiger charge is -2.30. The van der Waals surface area contributed by atoms with E-state index in [2.05, 4.69) is 56.6 Å². The van der Waals surface area contributed by atoms with Crippen molar-refractivity contribution in [3.05, 3.63) is 24.0 Å². The van der Waals surface area contributed by atoms with Gasteiger partial charge in [-0.1, -0.05) is 22.6 Å². The molecular formula is C12H16IN3. The zero-order valence-electron chi connectivity index (χ0n) is 9.43. The van der Waals surface area contributed by atoms with E-state index in [4.69, 9.17) is 0 Å². The van der Waals surface area contributed by atoms with E-state index in [-0.39, 0.29) is 0 Å². The third kappa shape index (κ3) is 1.72. The fraction of sp³-hybridized carbons (Fsp3) is 0.583. The van der Waals surface area contributed by atoms with Gasteiger partial charge in [-0.25, -0.2) is 4.68 Å². The van der Waals surface area contributed by atoms with Crippen molar-refractivity contribution in [2.45, 2.75) is 35.8 Å². The zero-order valence-corrected chi connectivity index (χ0v) is 11.6. The number of halogens is 1. The SMILES string of the molecule is CN1C2C=C(n3cc(CI)cn3)CC1CC2. The highest BCUT2D eigenvalue weighted by Crippen LogP contribution is 2.34. The topological polar surface area (TPSA) is 21.1 Å². The van der Waals surface area contributed by atoms with Gasteiger partial charge in [0.2, 0.25) is 0 Å². The van der Waals surface area contributed by atoms with Crippen molar-refractivity contribution in [2.24, 2.45) is 0 Å². The van der Waals surface area contributed by atoms with Gasteiger partial charge < -0.3 is 0 Å². The Hall–Kier alpha value is -0.360. The fourth-order valence-electron chi connectivity index (χ4n) is 2.78. The number of alkyl halides is 1. The van der Waals surface area contributed by atoms with Crippen LogP contribution in [-0.2, 0) is 4.43 Å². The molecule has 2 aliphatic rings. The summed E-state index contributed by atoms with van der Waals surface area (Å²) in [6.45, 7) is 0. The molecule has 1 fully saturated rings. The number of fused-ring (bicyclic) bond motifs is 2. The van der Waals surface area contributed by atoms with E-state index < -0.39 is 0 Å². The first kappa shape index (κ1) is 10.8. The van der Waals surface area contributed by atoms with Crippen molar-refractivity contribution in [1.29, 1.82) is 0 Å². The van der Waals surface area contributed by atoms with Gasteiger partial charge in [0.15, 0.2) is 0 Å². The molecule has 1 saturated heterocycles. The Morgan fingerprint density at radius 3 is 3.06 bits per heavy atom. The number of aromatic nitrogens is 2. The van der Waals surface area contributed by atoms with Crippen LogP contribution in [0.25, 0.3) is 5.70 Å². The molecule has 0 aromatic carbocycles. The van der Waals surface area contributed by atoms with Gasteiger partial charge in [0.1, 0.15) is 0 Å². The summed E-state index contributed by atoms with van der Waals surface area (Å²) in [6.07, 6.45) is 10.3. The average molecular weight is 329 g/mol. The number of rotatable bonds is 2. The quantitative estimate of drug-likeness (QED) is 0.614. The predicted octanol–water partition coefficient (Wildman–Crippen LogP) is 2.53. The van der Waals surface area contributed by atoms with Crippen LogP contribution >= 0.6 is 22.6 Å². The van der Waals surface area contributed by atoms with Gasteiger partial charge >= 0.3 is 0 Å². The molecule has 0 spiro atoms. The lowest BCUT2D eigenvalue weighted by molar-refractivity contribution is 0.261. The Kier molecular flexibility index (Phi) is 2.79. The minimum absolute atomic E-state index is 0.640. The van der Waals surface area contributed by atoms with Crippen LogP contribution in [-0.4, -0.2) is 33.8 Å². The molecule has 0 saturated carbocycles. The Labute approximate surface area is 110 Å². The minimum atomic E-state index is 0.640. The molecule has 2 atom stereocenters. The van der Waals surface area contributed by atoms with Gasteiger partial charge in [-0.3, -0.25) is 4.90 Å². The molecule has 0 N–H and O–H groups in total. The van der Waals surface area contributed by atoms with Crippen LogP contribution in [0.5, 0.6) is 0 Å². The second-order valence-corrected chi connectivity index (χ2v) is 5.52. The maximum Gasteiger partial charge on any atom is 0.0533 e. The Morgan fingerprint density at radius 1 is 1.50 bits per heavy atom. The van der Waals surface area contributed by atoms with Crippen LogP contribution in [0.1, 0.15) is 24.8 Å². The lowest BCUT2D eigenvalue weighted by Crippen LogP contribution is -2.35. The summed E-state index contributed by atoms with van der Waals surface area (Å²) in [5.41, 5.74) is 2.70.